The molecule has 0 atom stereocenters. The number of anilines is 1. The molecule has 0 saturated carbocycles. The summed E-state index contributed by atoms with van der Waals surface area (Å²) in [5, 5.41) is 0. The van der Waals surface area contributed by atoms with Crippen molar-refractivity contribution >= 4 is 11.5 Å². The van der Waals surface area contributed by atoms with Crippen molar-refractivity contribution in [2.75, 3.05) is 39.1 Å². The maximum Gasteiger partial charge on any atom is 0.161 e. The Hall–Kier alpha value is -1.42. The summed E-state index contributed by atoms with van der Waals surface area (Å²) in [6.07, 6.45) is 0. The summed E-state index contributed by atoms with van der Waals surface area (Å²) in [7, 11) is 5.89. The maximum atomic E-state index is 13.1. The second kappa shape index (κ2) is 5.77. The van der Waals surface area contributed by atoms with Crippen molar-refractivity contribution in [1.82, 2.24) is 4.90 Å². The topological polar surface area (TPSA) is 23.6 Å². The summed E-state index contributed by atoms with van der Waals surface area (Å²) in [6, 6.07) is 4.33. The smallest absolute Gasteiger partial charge is 0.161 e. The molecular formula is C13H19FN2O. The quantitative estimate of drug-likeness (QED) is 0.733. The fourth-order valence-electron chi connectivity index (χ4n) is 1.59. The molecule has 0 bridgehead atoms. The van der Waals surface area contributed by atoms with E-state index in [1.54, 1.807) is 6.07 Å². The minimum atomic E-state index is -0.375. The van der Waals surface area contributed by atoms with Crippen molar-refractivity contribution in [3.05, 3.63) is 29.6 Å². The first-order chi connectivity index (χ1) is 7.91. The summed E-state index contributed by atoms with van der Waals surface area (Å²) in [6.45, 7) is 3.13. The third-order valence-corrected chi connectivity index (χ3v) is 2.63. The third-order valence-electron chi connectivity index (χ3n) is 2.63. The van der Waals surface area contributed by atoms with Crippen LogP contribution < -0.4 is 4.90 Å². The Kier molecular flexibility index (Phi) is 4.63. The van der Waals surface area contributed by atoms with Gasteiger partial charge < -0.3 is 9.80 Å². The average molecular weight is 238 g/mol. The number of carbonyl (C=O) groups excluding carboxylic acids is 1. The molecule has 0 fully saturated rings. The van der Waals surface area contributed by atoms with Crippen LogP contribution in [0, 0.1) is 5.82 Å². The zero-order valence-electron chi connectivity index (χ0n) is 10.8. The normalized spacial score (nSPS) is 10.7. The predicted molar refractivity (Wildman–Crippen MR) is 68.2 cm³/mol. The van der Waals surface area contributed by atoms with Crippen LogP contribution in [-0.2, 0) is 0 Å². The van der Waals surface area contributed by atoms with Gasteiger partial charge in [-0.2, -0.15) is 0 Å². The number of benzene rings is 1. The SMILES string of the molecule is CC(=O)c1cc(F)ccc1N(C)CCN(C)C. The van der Waals surface area contributed by atoms with Gasteiger partial charge in [-0.3, -0.25) is 4.79 Å². The van der Waals surface area contributed by atoms with Crippen molar-refractivity contribution < 1.29 is 9.18 Å². The highest BCUT2D eigenvalue weighted by Crippen LogP contribution is 2.21. The van der Waals surface area contributed by atoms with E-state index < -0.39 is 0 Å². The predicted octanol–water partition coefficient (Wildman–Crippen LogP) is 2.03. The van der Waals surface area contributed by atoms with E-state index in [0.29, 0.717) is 5.56 Å². The molecule has 3 nitrogen and oxygen atoms in total. The molecule has 1 aromatic rings. The molecule has 17 heavy (non-hydrogen) atoms. The van der Waals surface area contributed by atoms with Crippen LogP contribution >= 0.6 is 0 Å². The van der Waals surface area contributed by atoms with Gasteiger partial charge in [-0.25, -0.2) is 4.39 Å². The van der Waals surface area contributed by atoms with Gasteiger partial charge >= 0.3 is 0 Å². The number of hydrogen-bond acceptors (Lipinski definition) is 3. The van der Waals surface area contributed by atoms with E-state index in [0.717, 1.165) is 18.8 Å². The molecule has 0 saturated heterocycles. The molecule has 0 aliphatic heterocycles. The molecule has 0 amide bonds. The van der Waals surface area contributed by atoms with Gasteiger partial charge in [0.25, 0.3) is 0 Å². The summed E-state index contributed by atoms with van der Waals surface area (Å²) in [5.74, 6) is -0.490. The Balaban J connectivity index is 2.92. The van der Waals surface area contributed by atoms with Crippen LogP contribution in [0.15, 0.2) is 18.2 Å². The number of nitrogens with zero attached hydrogens (tertiary/aromatic N) is 2. The van der Waals surface area contributed by atoms with Gasteiger partial charge in [-0.05, 0) is 39.2 Å². The lowest BCUT2D eigenvalue weighted by molar-refractivity contribution is 0.101. The first kappa shape index (κ1) is 13.6. The Bertz CT molecular complexity index is 404. The number of rotatable bonds is 5. The highest BCUT2D eigenvalue weighted by atomic mass is 19.1. The zero-order valence-corrected chi connectivity index (χ0v) is 10.8. The number of likely N-dealkylation sites (N-methyl/N-ethyl adjacent to an activating group) is 2. The van der Waals surface area contributed by atoms with Crippen LogP contribution in [-0.4, -0.2) is 44.9 Å². The van der Waals surface area contributed by atoms with Crippen LogP contribution in [0.2, 0.25) is 0 Å². The van der Waals surface area contributed by atoms with E-state index in [1.165, 1.54) is 19.1 Å². The van der Waals surface area contributed by atoms with Crippen LogP contribution in [0.5, 0.6) is 0 Å². The summed E-state index contributed by atoms with van der Waals surface area (Å²) in [5.41, 5.74) is 1.21. The molecule has 0 aliphatic carbocycles. The van der Waals surface area contributed by atoms with Crippen molar-refractivity contribution in [3.8, 4) is 0 Å². The number of Topliss-reactive ketones (excluding diaryl/α,β-unsaturated/α-hetero) is 1. The van der Waals surface area contributed by atoms with Crippen LogP contribution in [0.25, 0.3) is 0 Å². The lowest BCUT2D eigenvalue weighted by atomic mass is 10.1. The Morgan fingerprint density at radius 1 is 1.24 bits per heavy atom. The molecular weight excluding hydrogens is 219 g/mol. The molecule has 0 spiro atoms. The Labute approximate surface area is 102 Å². The van der Waals surface area contributed by atoms with Gasteiger partial charge in [0, 0.05) is 31.4 Å². The van der Waals surface area contributed by atoms with Crippen molar-refractivity contribution in [1.29, 1.82) is 0 Å². The van der Waals surface area contributed by atoms with Gasteiger partial charge in [0.05, 0.1) is 0 Å². The molecule has 94 valence electrons. The molecule has 0 radical (unpaired) electrons. The number of halogens is 1. The Morgan fingerprint density at radius 2 is 1.88 bits per heavy atom. The second-order valence-electron chi connectivity index (χ2n) is 4.44. The van der Waals surface area contributed by atoms with Crippen LogP contribution in [0.3, 0.4) is 0 Å². The molecule has 1 rings (SSSR count). The molecule has 0 N–H and O–H groups in total. The summed E-state index contributed by atoms with van der Waals surface area (Å²) in [4.78, 5) is 15.5. The summed E-state index contributed by atoms with van der Waals surface area (Å²) >= 11 is 0. The van der Waals surface area contributed by atoms with Gasteiger partial charge in [0.2, 0.25) is 0 Å². The highest BCUT2D eigenvalue weighted by molar-refractivity contribution is 5.99. The van der Waals surface area contributed by atoms with Crippen LogP contribution in [0.1, 0.15) is 17.3 Å². The van der Waals surface area contributed by atoms with E-state index in [-0.39, 0.29) is 11.6 Å². The van der Waals surface area contributed by atoms with Gasteiger partial charge in [0.15, 0.2) is 5.78 Å². The van der Waals surface area contributed by atoms with Gasteiger partial charge in [-0.1, -0.05) is 0 Å². The first-order valence-electron chi connectivity index (χ1n) is 5.58. The number of ketones is 1. The van der Waals surface area contributed by atoms with Crippen LogP contribution in [0.4, 0.5) is 10.1 Å². The van der Waals surface area contributed by atoms with Crippen molar-refractivity contribution in [3.63, 3.8) is 0 Å². The van der Waals surface area contributed by atoms with E-state index in [2.05, 4.69) is 4.90 Å². The minimum absolute atomic E-state index is 0.115. The molecule has 0 unspecified atom stereocenters. The van der Waals surface area contributed by atoms with Crippen molar-refractivity contribution in [2.45, 2.75) is 6.92 Å². The largest absolute Gasteiger partial charge is 0.373 e. The third kappa shape index (κ3) is 3.82. The first-order valence-corrected chi connectivity index (χ1v) is 5.58. The maximum absolute atomic E-state index is 13.1. The lowest BCUT2D eigenvalue weighted by Gasteiger charge is -2.23. The fourth-order valence-corrected chi connectivity index (χ4v) is 1.59. The van der Waals surface area contributed by atoms with E-state index in [1.807, 2.05) is 26.0 Å². The summed E-state index contributed by atoms with van der Waals surface area (Å²) < 4.78 is 13.1. The standard InChI is InChI=1S/C13H19FN2O/c1-10(17)12-9-11(14)5-6-13(12)16(4)8-7-15(2)3/h5-6,9H,7-8H2,1-4H3. The molecule has 0 heterocycles. The van der Waals surface area contributed by atoms with Gasteiger partial charge in [0.1, 0.15) is 5.82 Å². The fraction of sp³-hybridized carbons (Fsp3) is 0.462. The average Bonchev–Trinajstić information content (AvgIpc) is 2.25. The van der Waals surface area contributed by atoms with E-state index in [9.17, 15) is 9.18 Å². The number of hydrogen-bond donors (Lipinski definition) is 0. The monoisotopic (exact) mass is 238 g/mol. The van der Waals surface area contributed by atoms with E-state index >= 15 is 0 Å². The molecule has 0 aliphatic rings. The van der Waals surface area contributed by atoms with Gasteiger partial charge in [-0.15, -0.1) is 0 Å². The lowest BCUT2D eigenvalue weighted by Crippen LogP contribution is -2.29. The van der Waals surface area contributed by atoms with Crippen molar-refractivity contribution in [2.24, 2.45) is 0 Å². The highest BCUT2D eigenvalue weighted by Gasteiger charge is 2.12. The Morgan fingerprint density at radius 3 is 2.41 bits per heavy atom. The van der Waals surface area contributed by atoms with E-state index in [4.69, 9.17) is 0 Å². The number of carbonyl (C=O) groups is 1. The second-order valence-corrected chi connectivity index (χ2v) is 4.44. The molecule has 4 heteroatoms. The minimum Gasteiger partial charge on any atom is -0.373 e. The molecule has 0 aromatic heterocycles. The zero-order chi connectivity index (χ0) is 13.0. The molecule has 1 aromatic carbocycles.